The Balaban J connectivity index is 1.34. The molecular weight excluding hydrogens is 534 g/mol. The van der Waals surface area contributed by atoms with Crippen LogP contribution in [0.25, 0.3) is 6.08 Å². The smallest absolute Gasteiger partial charge is 0.355 e. The van der Waals surface area contributed by atoms with Crippen molar-refractivity contribution in [1.82, 2.24) is 15.2 Å². The Morgan fingerprint density at radius 3 is 2.56 bits per heavy atom. The SMILES string of the molecule is COc1ccc(COC(=O)C2=C(C=Cc3scnc3C)CS[C@@H]3C(NC(=O)Cc4ccccc4)C(=O)N23)cc1. The van der Waals surface area contributed by atoms with Crippen LogP contribution in [0.3, 0.4) is 0 Å². The van der Waals surface area contributed by atoms with Crippen molar-refractivity contribution in [3.8, 4) is 5.75 Å². The molecule has 0 saturated carbocycles. The molecule has 0 spiro atoms. The lowest BCUT2D eigenvalue weighted by Gasteiger charge is -2.49. The second-order valence-corrected chi connectivity index (χ2v) is 11.0. The van der Waals surface area contributed by atoms with Gasteiger partial charge in [-0.25, -0.2) is 9.78 Å². The molecule has 2 atom stereocenters. The molecular formula is C29H27N3O5S2. The predicted molar refractivity (Wildman–Crippen MR) is 151 cm³/mol. The molecule has 3 heterocycles. The van der Waals surface area contributed by atoms with Crippen molar-refractivity contribution in [2.45, 2.75) is 31.4 Å². The van der Waals surface area contributed by atoms with E-state index in [0.717, 1.165) is 21.7 Å². The average molecular weight is 562 g/mol. The fraction of sp³-hybridized carbons (Fsp3) is 0.241. The van der Waals surface area contributed by atoms with Gasteiger partial charge in [-0.15, -0.1) is 23.1 Å². The number of aryl methyl sites for hydroxylation is 1. The van der Waals surface area contributed by atoms with E-state index < -0.39 is 12.0 Å². The zero-order valence-corrected chi connectivity index (χ0v) is 23.1. The number of esters is 1. The normalized spacial score (nSPS) is 18.5. The number of benzene rings is 2. The van der Waals surface area contributed by atoms with Gasteiger partial charge in [-0.3, -0.25) is 14.5 Å². The Labute approximate surface area is 234 Å². The zero-order valence-electron chi connectivity index (χ0n) is 21.5. The van der Waals surface area contributed by atoms with Crippen LogP contribution in [0, 0.1) is 6.92 Å². The summed E-state index contributed by atoms with van der Waals surface area (Å²) in [5.41, 5.74) is 5.22. The third-order valence-electron chi connectivity index (χ3n) is 6.46. The lowest BCUT2D eigenvalue weighted by Crippen LogP contribution is -2.70. The predicted octanol–water partition coefficient (Wildman–Crippen LogP) is 4.11. The van der Waals surface area contributed by atoms with Crippen molar-refractivity contribution in [2.75, 3.05) is 12.9 Å². The molecule has 2 aliphatic rings. The van der Waals surface area contributed by atoms with Crippen LogP contribution in [-0.2, 0) is 32.1 Å². The minimum atomic E-state index is -0.704. The molecule has 1 N–H and O–H groups in total. The number of hydrogen-bond donors (Lipinski definition) is 1. The number of amides is 2. The van der Waals surface area contributed by atoms with Crippen molar-refractivity contribution in [2.24, 2.45) is 0 Å². The van der Waals surface area contributed by atoms with Gasteiger partial charge in [-0.2, -0.15) is 0 Å². The summed E-state index contributed by atoms with van der Waals surface area (Å²) in [6, 6.07) is 15.9. The van der Waals surface area contributed by atoms with E-state index in [0.29, 0.717) is 17.1 Å². The lowest BCUT2D eigenvalue weighted by atomic mass is 10.0. The number of fused-ring (bicyclic) bond motifs is 1. The molecule has 2 amide bonds. The van der Waals surface area contributed by atoms with Gasteiger partial charge in [0, 0.05) is 10.6 Å². The molecule has 1 unspecified atom stereocenters. The Kier molecular flexibility index (Phi) is 8.13. The van der Waals surface area contributed by atoms with Crippen molar-refractivity contribution >= 4 is 47.0 Å². The van der Waals surface area contributed by atoms with E-state index in [4.69, 9.17) is 9.47 Å². The van der Waals surface area contributed by atoms with Crippen molar-refractivity contribution < 1.29 is 23.9 Å². The van der Waals surface area contributed by atoms with E-state index in [1.807, 2.05) is 61.5 Å². The van der Waals surface area contributed by atoms with Crippen molar-refractivity contribution in [3.63, 3.8) is 0 Å². The van der Waals surface area contributed by atoms with Gasteiger partial charge >= 0.3 is 5.97 Å². The Morgan fingerprint density at radius 2 is 1.87 bits per heavy atom. The summed E-state index contributed by atoms with van der Waals surface area (Å²) in [5, 5.41) is 2.47. The fourth-order valence-electron chi connectivity index (χ4n) is 4.35. The highest BCUT2D eigenvalue weighted by atomic mass is 32.2. The third kappa shape index (κ3) is 5.91. The highest BCUT2D eigenvalue weighted by Gasteiger charge is 2.54. The van der Waals surface area contributed by atoms with Crippen molar-refractivity contribution in [3.05, 3.63) is 99.2 Å². The quantitative estimate of drug-likeness (QED) is 0.310. The van der Waals surface area contributed by atoms with Crippen molar-refractivity contribution in [1.29, 1.82) is 0 Å². The second-order valence-electron chi connectivity index (χ2n) is 9.05. The Bertz CT molecular complexity index is 1430. The molecule has 3 aromatic rings. The number of ether oxygens (including phenoxy) is 2. The summed E-state index contributed by atoms with van der Waals surface area (Å²) in [5.74, 6) is 0.0426. The molecule has 1 fully saturated rings. The Morgan fingerprint density at radius 1 is 1.10 bits per heavy atom. The minimum Gasteiger partial charge on any atom is -0.497 e. The van der Waals surface area contributed by atoms with Gasteiger partial charge in [0.05, 0.1) is 24.7 Å². The van der Waals surface area contributed by atoms with Gasteiger partial charge < -0.3 is 14.8 Å². The second kappa shape index (κ2) is 11.9. The number of thiazole rings is 1. The van der Waals surface area contributed by atoms with Gasteiger partial charge in [-0.1, -0.05) is 48.5 Å². The summed E-state index contributed by atoms with van der Waals surface area (Å²) in [7, 11) is 1.59. The number of allylic oxidation sites excluding steroid dienone is 1. The number of nitrogens with one attached hydrogen (secondary N) is 1. The monoisotopic (exact) mass is 561 g/mol. The molecule has 10 heteroatoms. The van der Waals surface area contributed by atoms with Crippen LogP contribution < -0.4 is 10.1 Å². The third-order valence-corrected chi connectivity index (χ3v) is 8.66. The summed E-state index contributed by atoms with van der Waals surface area (Å²) < 4.78 is 10.8. The zero-order chi connectivity index (χ0) is 27.4. The number of rotatable bonds is 9. The first-order chi connectivity index (χ1) is 18.9. The summed E-state index contributed by atoms with van der Waals surface area (Å²) in [6.45, 7) is 1.97. The highest BCUT2D eigenvalue weighted by molar-refractivity contribution is 8.00. The summed E-state index contributed by atoms with van der Waals surface area (Å²) in [6.07, 6.45) is 3.93. The van der Waals surface area contributed by atoms with Gasteiger partial charge in [0.15, 0.2) is 0 Å². The first kappa shape index (κ1) is 26.7. The van der Waals surface area contributed by atoms with E-state index in [2.05, 4.69) is 10.3 Å². The minimum absolute atomic E-state index is 0.0500. The van der Waals surface area contributed by atoms with E-state index in [9.17, 15) is 14.4 Å². The summed E-state index contributed by atoms with van der Waals surface area (Å²) >= 11 is 3.01. The number of methoxy groups -OCH3 is 1. The maximum atomic E-state index is 13.4. The molecule has 0 aliphatic carbocycles. The first-order valence-corrected chi connectivity index (χ1v) is 14.3. The largest absolute Gasteiger partial charge is 0.497 e. The van der Waals surface area contributed by atoms with Gasteiger partial charge in [0.2, 0.25) is 5.91 Å². The molecule has 1 aromatic heterocycles. The van der Waals surface area contributed by atoms with E-state index in [-0.39, 0.29) is 35.9 Å². The van der Waals surface area contributed by atoms with Gasteiger partial charge in [0.1, 0.15) is 29.5 Å². The van der Waals surface area contributed by atoms with Crippen LogP contribution in [0.15, 0.2) is 77.5 Å². The van der Waals surface area contributed by atoms with Crippen LogP contribution >= 0.6 is 23.1 Å². The average Bonchev–Trinajstić information content (AvgIpc) is 3.38. The summed E-state index contributed by atoms with van der Waals surface area (Å²) in [4.78, 5) is 46.1. The maximum Gasteiger partial charge on any atom is 0.355 e. The topological polar surface area (TPSA) is 97.8 Å². The molecule has 2 aromatic carbocycles. The van der Waals surface area contributed by atoms with E-state index in [1.165, 1.54) is 28.0 Å². The van der Waals surface area contributed by atoms with Gasteiger partial charge in [0.25, 0.3) is 5.91 Å². The van der Waals surface area contributed by atoms with Crippen LogP contribution in [0.1, 0.15) is 21.7 Å². The van der Waals surface area contributed by atoms with Crippen LogP contribution in [0.5, 0.6) is 5.75 Å². The van der Waals surface area contributed by atoms with Crippen LogP contribution in [0.2, 0.25) is 0 Å². The number of thioether (sulfide) groups is 1. The number of nitrogens with zero attached hydrogens (tertiary/aromatic N) is 2. The maximum absolute atomic E-state index is 13.4. The highest BCUT2D eigenvalue weighted by Crippen LogP contribution is 2.41. The standard InChI is InChI=1S/C29H27N3O5S2/c1-18-23(39-17-30-18)13-10-21-16-38-28-25(31-24(33)14-19-6-4-3-5-7-19)27(34)32(28)26(21)29(35)37-15-20-8-11-22(36-2)12-9-20/h3-13,17,25,28H,14-16H2,1-2H3,(H,31,33)/t25?,28-/m1/s1. The first-order valence-electron chi connectivity index (χ1n) is 12.3. The molecule has 0 radical (unpaired) electrons. The van der Waals surface area contributed by atoms with Crippen LogP contribution in [-0.4, -0.2) is 51.9 Å². The fourth-order valence-corrected chi connectivity index (χ4v) is 6.36. The number of β-lactam (4-membered cyclic amide) rings is 1. The van der Waals surface area contributed by atoms with E-state index in [1.54, 1.807) is 24.8 Å². The lowest BCUT2D eigenvalue weighted by molar-refractivity contribution is -0.153. The molecule has 39 heavy (non-hydrogen) atoms. The molecule has 8 nitrogen and oxygen atoms in total. The molecule has 0 bridgehead atoms. The van der Waals surface area contributed by atoms with Crippen LogP contribution in [0.4, 0.5) is 0 Å². The molecule has 200 valence electrons. The molecule has 1 saturated heterocycles. The Hall–Kier alpha value is -3.89. The van der Waals surface area contributed by atoms with Gasteiger partial charge in [-0.05, 0) is 41.8 Å². The van der Waals surface area contributed by atoms with E-state index >= 15 is 0 Å². The number of carbonyl (C=O) groups is 3. The molecule has 5 rings (SSSR count). The number of aromatic nitrogens is 1. The molecule has 2 aliphatic heterocycles. The number of carbonyl (C=O) groups excluding carboxylic acids is 3. The number of hydrogen-bond acceptors (Lipinski definition) is 8.